The van der Waals surface area contributed by atoms with Crippen LogP contribution >= 0.6 is 23.2 Å². The summed E-state index contributed by atoms with van der Waals surface area (Å²) in [5.74, 6) is 0.534. The summed E-state index contributed by atoms with van der Waals surface area (Å²) in [6.07, 6.45) is 2.66. The lowest BCUT2D eigenvalue weighted by Gasteiger charge is -2.42. The van der Waals surface area contributed by atoms with Gasteiger partial charge in [-0.15, -0.1) is 0 Å². The van der Waals surface area contributed by atoms with E-state index in [1.807, 2.05) is 98.0 Å². The number of aromatic nitrogens is 2. The van der Waals surface area contributed by atoms with Crippen LogP contribution in [-0.2, 0) is 42.6 Å². The minimum Gasteiger partial charge on any atom is -0.489 e. The molecule has 2 N–H and O–H groups in total. The largest absolute Gasteiger partial charge is 0.489 e. The normalized spacial score (nSPS) is 17.1. The number of carboxylic acids is 1. The van der Waals surface area contributed by atoms with Crippen molar-refractivity contribution in [2.75, 3.05) is 6.61 Å². The van der Waals surface area contributed by atoms with Crippen molar-refractivity contribution in [1.82, 2.24) is 20.0 Å². The van der Waals surface area contributed by atoms with Crippen LogP contribution in [0.5, 0.6) is 17.2 Å². The van der Waals surface area contributed by atoms with Gasteiger partial charge in [0.2, 0.25) is 5.91 Å². The summed E-state index contributed by atoms with van der Waals surface area (Å²) in [4.78, 5) is 29.2. The lowest BCUT2D eigenvalue weighted by atomic mass is 9.89. The van der Waals surface area contributed by atoms with Gasteiger partial charge in [-0.05, 0) is 94.3 Å². The van der Waals surface area contributed by atoms with E-state index in [0.29, 0.717) is 53.5 Å². The molecule has 5 aromatic carbocycles. The van der Waals surface area contributed by atoms with Gasteiger partial charge in [0, 0.05) is 32.3 Å². The van der Waals surface area contributed by atoms with Gasteiger partial charge in [0.15, 0.2) is 17.6 Å². The Morgan fingerprint density at radius 3 is 2.34 bits per heavy atom. The highest BCUT2D eigenvalue weighted by atomic mass is 35.5. The number of rotatable bonds is 13. The first-order valence-electron chi connectivity index (χ1n) is 19.7. The maximum absolute atomic E-state index is 14.4. The lowest BCUT2D eigenvalue weighted by Crippen LogP contribution is -2.55. The standard InChI is InChI=1S/C47H44Cl2N4O6/c1-3-40(31-7-5-4-6-8-31)53-26-35-25-44-43(58-28-45(59-44)33-14-16-36(17-15-33)57-27-30-11-18-37(48)38(49)21-30)24-34(35)23-42(53)46(54)51-39(47(55)56)22-29-9-12-32(13-10-29)41-19-20-50-52(41)2/h4-21,24-25,39-40,42,45H,3,22-23,26-28H2,1-2H3,(H,51,54)(H,55,56). The van der Waals surface area contributed by atoms with Gasteiger partial charge in [0.25, 0.3) is 0 Å². The fourth-order valence-electron chi connectivity index (χ4n) is 7.99. The van der Waals surface area contributed by atoms with E-state index in [1.54, 1.807) is 23.0 Å². The Morgan fingerprint density at radius 2 is 1.64 bits per heavy atom. The van der Waals surface area contributed by atoms with Gasteiger partial charge in [-0.25, -0.2) is 4.79 Å². The van der Waals surface area contributed by atoms with Crippen molar-refractivity contribution in [2.24, 2.45) is 7.05 Å². The summed E-state index contributed by atoms with van der Waals surface area (Å²) in [7, 11) is 1.87. The Balaban J connectivity index is 0.994. The van der Waals surface area contributed by atoms with E-state index >= 15 is 0 Å². The van der Waals surface area contributed by atoms with Crippen LogP contribution < -0.4 is 19.5 Å². The first-order valence-corrected chi connectivity index (χ1v) is 20.4. The van der Waals surface area contributed by atoms with Gasteiger partial charge in [-0.2, -0.15) is 5.10 Å². The molecule has 6 aromatic rings. The number of nitrogens with one attached hydrogen (secondary N) is 1. The third-order valence-corrected chi connectivity index (χ3v) is 11.9. The van der Waals surface area contributed by atoms with Gasteiger partial charge in [0.1, 0.15) is 25.0 Å². The number of benzene rings is 5. The first-order chi connectivity index (χ1) is 28.6. The highest BCUT2D eigenvalue weighted by Gasteiger charge is 2.39. The smallest absolute Gasteiger partial charge is 0.326 e. The molecular weight excluding hydrogens is 787 g/mol. The van der Waals surface area contributed by atoms with Crippen LogP contribution in [0.25, 0.3) is 11.3 Å². The first kappa shape index (κ1) is 40.0. The highest BCUT2D eigenvalue weighted by Crippen LogP contribution is 2.42. The number of nitrogens with zero attached hydrogens (tertiary/aromatic N) is 3. The van der Waals surface area contributed by atoms with Gasteiger partial charge in [0.05, 0.1) is 21.8 Å². The van der Waals surface area contributed by atoms with E-state index in [-0.39, 0.29) is 24.5 Å². The zero-order valence-electron chi connectivity index (χ0n) is 32.7. The van der Waals surface area contributed by atoms with E-state index in [0.717, 1.165) is 51.1 Å². The molecule has 12 heteroatoms. The Morgan fingerprint density at radius 1 is 0.898 bits per heavy atom. The van der Waals surface area contributed by atoms with Crippen molar-refractivity contribution in [1.29, 1.82) is 0 Å². The molecule has 2 aliphatic rings. The van der Waals surface area contributed by atoms with Crippen molar-refractivity contribution in [3.8, 4) is 28.5 Å². The summed E-state index contributed by atoms with van der Waals surface area (Å²) >= 11 is 12.2. The van der Waals surface area contributed by atoms with Crippen LogP contribution in [0.3, 0.4) is 0 Å². The van der Waals surface area contributed by atoms with E-state index in [2.05, 4.69) is 34.4 Å². The Labute approximate surface area is 353 Å². The SMILES string of the molecule is CCC(c1ccccc1)N1Cc2cc3c(cc2CC1C(=O)NC(Cc1ccc(-c2ccnn2C)cc1)C(=O)O)OCC(c1ccc(OCc2ccc(Cl)c(Cl)c2)cc1)O3. The van der Waals surface area contributed by atoms with Gasteiger partial charge in [-0.3, -0.25) is 14.4 Å². The van der Waals surface area contributed by atoms with E-state index < -0.39 is 18.1 Å². The van der Waals surface area contributed by atoms with E-state index in [9.17, 15) is 14.7 Å². The van der Waals surface area contributed by atoms with E-state index in [4.69, 9.17) is 37.4 Å². The molecule has 8 rings (SSSR count). The molecule has 0 spiro atoms. The van der Waals surface area contributed by atoms with Crippen molar-refractivity contribution in [2.45, 2.75) is 63.6 Å². The van der Waals surface area contributed by atoms with Crippen LogP contribution in [0.15, 0.2) is 121 Å². The number of ether oxygens (including phenoxy) is 3. The molecule has 10 nitrogen and oxygen atoms in total. The molecule has 302 valence electrons. The number of aryl methyl sites for hydroxylation is 1. The number of halogens is 2. The van der Waals surface area contributed by atoms with Crippen molar-refractivity contribution in [3.05, 3.63) is 165 Å². The fourth-order valence-corrected chi connectivity index (χ4v) is 8.31. The minimum atomic E-state index is -1.12. The molecular formula is C47H44Cl2N4O6. The predicted molar refractivity (Wildman–Crippen MR) is 227 cm³/mol. The number of aliphatic carboxylic acids is 1. The number of fused-ring (bicyclic) bond motifs is 2. The van der Waals surface area contributed by atoms with Gasteiger partial charge < -0.3 is 24.6 Å². The van der Waals surface area contributed by atoms with Crippen LogP contribution in [0, 0.1) is 0 Å². The van der Waals surface area contributed by atoms with Crippen LogP contribution in [-0.4, -0.2) is 50.4 Å². The fraction of sp³-hybridized carbons (Fsp3) is 0.255. The van der Waals surface area contributed by atoms with Crippen molar-refractivity contribution >= 4 is 35.1 Å². The predicted octanol–water partition coefficient (Wildman–Crippen LogP) is 9.18. The van der Waals surface area contributed by atoms with Crippen LogP contribution in [0.1, 0.15) is 58.9 Å². The van der Waals surface area contributed by atoms with E-state index in [1.165, 1.54) is 0 Å². The van der Waals surface area contributed by atoms with Crippen LogP contribution in [0.4, 0.5) is 0 Å². The number of hydrogen-bond acceptors (Lipinski definition) is 7. The highest BCUT2D eigenvalue weighted by molar-refractivity contribution is 6.42. The average molecular weight is 832 g/mol. The molecule has 59 heavy (non-hydrogen) atoms. The molecule has 0 bridgehead atoms. The number of hydrogen-bond donors (Lipinski definition) is 2. The zero-order valence-corrected chi connectivity index (χ0v) is 34.2. The molecule has 0 aliphatic carbocycles. The molecule has 0 fully saturated rings. The molecule has 3 heterocycles. The van der Waals surface area contributed by atoms with Crippen LogP contribution in [0.2, 0.25) is 10.0 Å². The molecule has 4 atom stereocenters. The second-order valence-electron chi connectivity index (χ2n) is 15.0. The summed E-state index contributed by atoms with van der Waals surface area (Å²) in [5, 5.41) is 18.5. The van der Waals surface area contributed by atoms with Crippen molar-refractivity contribution in [3.63, 3.8) is 0 Å². The Bertz CT molecular complexity index is 2440. The van der Waals surface area contributed by atoms with Gasteiger partial charge in [-0.1, -0.05) is 103 Å². The topological polar surface area (TPSA) is 115 Å². The summed E-state index contributed by atoms with van der Waals surface area (Å²) < 4.78 is 20.6. The Kier molecular flexibility index (Phi) is 11.9. The number of amides is 1. The van der Waals surface area contributed by atoms with Crippen molar-refractivity contribution < 1.29 is 28.9 Å². The summed E-state index contributed by atoms with van der Waals surface area (Å²) in [5.41, 5.74) is 7.66. The third kappa shape index (κ3) is 8.95. The summed E-state index contributed by atoms with van der Waals surface area (Å²) in [6, 6.07) is 35.1. The third-order valence-electron chi connectivity index (χ3n) is 11.1. The Hall–Kier alpha value is -5.81. The zero-order chi connectivity index (χ0) is 41.0. The molecule has 0 radical (unpaired) electrons. The second kappa shape index (κ2) is 17.6. The molecule has 1 aromatic heterocycles. The maximum atomic E-state index is 14.4. The lowest BCUT2D eigenvalue weighted by molar-refractivity contribution is -0.143. The maximum Gasteiger partial charge on any atom is 0.326 e. The number of carbonyl (C=O) groups excluding carboxylic acids is 1. The molecule has 0 saturated heterocycles. The molecule has 1 amide bonds. The second-order valence-corrected chi connectivity index (χ2v) is 15.8. The van der Waals surface area contributed by atoms with Gasteiger partial charge >= 0.3 is 5.97 Å². The minimum absolute atomic E-state index is 0.0960. The quantitative estimate of drug-likeness (QED) is 0.119. The molecule has 4 unspecified atom stereocenters. The number of carboxylic acid groups (broad SMARTS) is 1. The summed E-state index contributed by atoms with van der Waals surface area (Å²) in [6.45, 7) is 3.22. The molecule has 0 saturated carbocycles. The number of carbonyl (C=O) groups is 2. The monoisotopic (exact) mass is 830 g/mol. The average Bonchev–Trinajstić information content (AvgIpc) is 3.69. The molecule has 2 aliphatic heterocycles.